The fraction of sp³-hybridized carbons (Fsp3) is 0.600. The zero-order chi connectivity index (χ0) is 13.0. The first-order valence-corrected chi connectivity index (χ1v) is 6.82. The first-order chi connectivity index (χ1) is 8.72. The molecule has 2 atom stereocenters. The molecule has 1 heterocycles. The van der Waals surface area contributed by atoms with E-state index in [1.54, 1.807) is 0 Å². The second-order valence-corrected chi connectivity index (χ2v) is 5.23. The molecule has 3 nitrogen and oxygen atoms in total. The van der Waals surface area contributed by atoms with Crippen molar-refractivity contribution in [3.8, 4) is 0 Å². The average molecular weight is 248 g/mol. The highest BCUT2D eigenvalue weighted by atomic mass is 16.3. The minimum Gasteiger partial charge on any atom is -0.395 e. The number of aliphatic hydroxyl groups excluding tert-OH is 1. The monoisotopic (exact) mass is 248 g/mol. The molecule has 0 aliphatic carbocycles. The molecule has 2 rings (SSSR count). The van der Waals surface area contributed by atoms with Gasteiger partial charge in [-0.25, -0.2) is 0 Å². The molecule has 3 heteroatoms. The van der Waals surface area contributed by atoms with Gasteiger partial charge in [-0.1, -0.05) is 30.3 Å². The quantitative estimate of drug-likeness (QED) is 0.860. The molecule has 0 amide bonds. The van der Waals surface area contributed by atoms with Crippen LogP contribution in [0.15, 0.2) is 30.3 Å². The Balaban J connectivity index is 1.92. The lowest BCUT2D eigenvalue weighted by atomic mass is 10.1. The van der Waals surface area contributed by atoms with Gasteiger partial charge in [-0.2, -0.15) is 0 Å². The molecule has 100 valence electrons. The summed E-state index contributed by atoms with van der Waals surface area (Å²) in [7, 11) is 2.11. The molecule has 1 aromatic carbocycles. The van der Waals surface area contributed by atoms with Crippen LogP contribution in [0.1, 0.15) is 24.9 Å². The van der Waals surface area contributed by atoms with Gasteiger partial charge in [-0.05, 0) is 26.0 Å². The summed E-state index contributed by atoms with van der Waals surface area (Å²) < 4.78 is 0. The number of aliphatic hydroxyl groups is 1. The van der Waals surface area contributed by atoms with Gasteiger partial charge in [-0.15, -0.1) is 0 Å². The highest BCUT2D eigenvalue weighted by molar-refractivity contribution is 5.18. The van der Waals surface area contributed by atoms with Gasteiger partial charge in [0.15, 0.2) is 0 Å². The normalized spacial score (nSPS) is 22.6. The van der Waals surface area contributed by atoms with Crippen LogP contribution in [0.2, 0.25) is 0 Å². The maximum Gasteiger partial charge on any atom is 0.0558 e. The summed E-state index contributed by atoms with van der Waals surface area (Å²) in [6, 6.07) is 11.8. The second kappa shape index (κ2) is 6.32. The Bertz CT molecular complexity index is 355. The summed E-state index contributed by atoms with van der Waals surface area (Å²) in [6.07, 6.45) is 1.20. The van der Waals surface area contributed by atoms with Crippen LogP contribution >= 0.6 is 0 Å². The van der Waals surface area contributed by atoms with E-state index in [-0.39, 0.29) is 6.61 Å². The van der Waals surface area contributed by atoms with Gasteiger partial charge >= 0.3 is 0 Å². The Morgan fingerprint density at radius 3 is 2.78 bits per heavy atom. The predicted molar refractivity (Wildman–Crippen MR) is 74.6 cm³/mol. The molecular weight excluding hydrogens is 224 g/mol. The van der Waals surface area contributed by atoms with Crippen LogP contribution < -0.4 is 0 Å². The summed E-state index contributed by atoms with van der Waals surface area (Å²) in [6.45, 7) is 5.56. The smallest absolute Gasteiger partial charge is 0.0558 e. The minimum absolute atomic E-state index is 0.251. The van der Waals surface area contributed by atoms with Crippen LogP contribution in [-0.2, 0) is 0 Å². The molecule has 0 saturated carbocycles. The Morgan fingerprint density at radius 1 is 1.39 bits per heavy atom. The molecule has 0 spiro atoms. The molecule has 18 heavy (non-hydrogen) atoms. The number of benzene rings is 1. The Labute approximate surface area is 110 Å². The van der Waals surface area contributed by atoms with Gasteiger partial charge in [0.2, 0.25) is 0 Å². The lowest BCUT2D eigenvalue weighted by Crippen LogP contribution is -2.36. The number of hydrogen-bond acceptors (Lipinski definition) is 3. The second-order valence-electron chi connectivity index (χ2n) is 5.23. The number of likely N-dealkylation sites (tertiary alicyclic amines) is 1. The van der Waals surface area contributed by atoms with Crippen molar-refractivity contribution in [3.63, 3.8) is 0 Å². The van der Waals surface area contributed by atoms with E-state index in [1.165, 1.54) is 12.0 Å². The molecule has 1 aliphatic rings. The lowest BCUT2D eigenvalue weighted by molar-refractivity contribution is 0.170. The first kappa shape index (κ1) is 13.5. The van der Waals surface area contributed by atoms with Crippen molar-refractivity contribution in [2.45, 2.75) is 25.4 Å². The van der Waals surface area contributed by atoms with Gasteiger partial charge in [0.05, 0.1) is 6.61 Å². The molecule has 2 unspecified atom stereocenters. The summed E-state index contributed by atoms with van der Waals surface area (Å²) in [4.78, 5) is 4.81. The molecule has 0 radical (unpaired) electrons. The number of likely N-dealkylation sites (N-methyl/N-ethyl adjacent to an activating group) is 1. The summed E-state index contributed by atoms with van der Waals surface area (Å²) in [5.74, 6) is 0. The maximum absolute atomic E-state index is 8.99. The zero-order valence-electron chi connectivity index (χ0n) is 11.4. The van der Waals surface area contributed by atoms with E-state index in [0.717, 1.165) is 19.6 Å². The third-order valence-electron chi connectivity index (χ3n) is 4.10. The van der Waals surface area contributed by atoms with E-state index >= 15 is 0 Å². The fourth-order valence-electron chi connectivity index (χ4n) is 2.76. The molecule has 1 aromatic rings. The minimum atomic E-state index is 0.251. The van der Waals surface area contributed by atoms with Crippen molar-refractivity contribution in [1.82, 2.24) is 9.80 Å². The van der Waals surface area contributed by atoms with Crippen molar-refractivity contribution in [3.05, 3.63) is 35.9 Å². The molecule has 1 saturated heterocycles. The van der Waals surface area contributed by atoms with Crippen molar-refractivity contribution >= 4 is 0 Å². The third kappa shape index (κ3) is 3.10. The third-order valence-corrected chi connectivity index (χ3v) is 4.10. The van der Waals surface area contributed by atoms with E-state index in [9.17, 15) is 0 Å². The van der Waals surface area contributed by atoms with Crippen molar-refractivity contribution in [2.75, 3.05) is 33.3 Å². The van der Waals surface area contributed by atoms with Gasteiger partial charge in [0, 0.05) is 31.7 Å². The SMILES string of the molecule is CC(c1ccccc1)N1CCC(N(C)CCO)C1. The topological polar surface area (TPSA) is 26.7 Å². The molecular formula is C15H24N2O. The van der Waals surface area contributed by atoms with Crippen LogP contribution in [0, 0.1) is 0 Å². The first-order valence-electron chi connectivity index (χ1n) is 6.82. The standard InChI is InChI=1S/C15H24N2O/c1-13(14-6-4-3-5-7-14)17-9-8-15(12-17)16(2)10-11-18/h3-7,13,15,18H,8-12H2,1-2H3. The van der Waals surface area contributed by atoms with Crippen LogP contribution in [0.5, 0.6) is 0 Å². The van der Waals surface area contributed by atoms with E-state index in [4.69, 9.17) is 5.11 Å². The van der Waals surface area contributed by atoms with Crippen molar-refractivity contribution in [1.29, 1.82) is 0 Å². The molecule has 1 fully saturated rings. The van der Waals surface area contributed by atoms with Gasteiger partial charge < -0.3 is 5.11 Å². The molecule has 0 bridgehead atoms. The van der Waals surface area contributed by atoms with E-state index in [2.05, 4.69) is 54.1 Å². The summed E-state index contributed by atoms with van der Waals surface area (Å²) in [5, 5.41) is 8.99. The predicted octanol–water partition coefficient (Wildman–Crippen LogP) is 1.75. The van der Waals surface area contributed by atoms with E-state index < -0.39 is 0 Å². The van der Waals surface area contributed by atoms with Crippen LogP contribution in [0.25, 0.3) is 0 Å². The fourth-order valence-corrected chi connectivity index (χ4v) is 2.76. The number of hydrogen-bond donors (Lipinski definition) is 1. The van der Waals surface area contributed by atoms with Gasteiger partial charge in [0.25, 0.3) is 0 Å². The van der Waals surface area contributed by atoms with Gasteiger partial charge in [-0.3, -0.25) is 9.80 Å². The van der Waals surface area contributed by atoms with Crippen LogP contribution in [0.3, 0.4) is 0 Å². The molecule has 1 N–H and O–H groups in total. The highest BCUT2D eigenvalue weighted by Crippen LogP contribution is 2.25. The van der Waals surface area contributed by atoms with E-state index in [0.29, 0.717) is 12.1 Å². The Morgan fingerprint density at radius 2 is 2.11 bits per heavy atom. The number of rotatable bonds is 5. The summed E-state index contributed by atoms with van der Waals surface area (Å²) in [5.41, 5.74) is 1.39. The summed E-state index contributed by atoms with van der Waals surface area (Å²) >= 11 is 0. The van der Waals surface area contributed by atoms with Crippen molar-refractivity contribution in [2.24, 2.45) is 0 Å². The molecule has 1 aliphatic heterocycles. The van der Waals surface area contributed by atoms with Crippen LogP contribution in [0.4, 0.5) is 0 Å². The largest absolute Gasteiger partial charge is 0.395 e. The number of nitrogens with zero attached hydrogens (tertiary/aromatic N) is 2. The van der Waals surface area contributed by atoms with Crippen molar-refractivity contribution < 1.29 is 5.11 Å². The average Bonchev–Trinajstić information content (AvgIpc) is 2.89. The zero-order valence-corrected chi connectivity index (χ0v) is 11.4. The van der Waals surface area contributed by atoms with E-state index in [1.807, 2.05) is 0 Å². The Hall–Kier alpha value is -0.900. The lowest BCUT2D eigenvalue weighted by Gasteiger charge is -2.27. The highest BCUT2D eigenvalue weighted by Gasteiger charge is 2.28. The Kier molecular flexibility index (Phi) is 4.75. The van der Waals surface area contributed by atoms with Crippen LogP contribution in [-0.4, -0.2) is 54.2 Å². The molecule has 0 aromatic heterocycles. The van der Waals surface area contributed by atoms with Gasteiger partial charge in [0.1, 0.15) is 0 Å². The maximum atomic E-state index is 8.99.